The van der Waals surface area contributed by atoms with Gasteiger partial charge in [0.25, 0.3) is 0 Å². The number of nitrogens with zero attached hydrogens (tertiary/aromatic N) is 1. The molecular weight excluding hydrogens is 516 g/mol. The van der Waals surface area contributed by atoms with E-state index in [-0.39, 0.29) is 5.91 Å². The zero-order valence-corrected chi connectivity index (χ0v) is 23.5. The zero-order chi connectivity index (χ0) is 28.8. The van der Waals surface area contributed by atoms with E-state index in [9.17, 15) is 4.79 Å². The first-order chi connectivity index (χ1) is 20.1. The number of methoxy groups -OCH3 is 4. The number of hydrogen-bond acceptors (Lipinski definition) is 6. The fourth-order valence-corrected chi connectivity index (χ4v) is 5.06. The van der Waals surface area contributed by atoms with E-state index in [0.29, 0.717) is 35.1 Å². The van der Waals surface area contributed by atoms with E-state index < -0.39 is 5.92 Å². The van der Waals surface area contributed by atoms with Crippen LogP contribution in [0.5, 0.6) is 23.0 Å². The SMILES string of the molecule is COc1cc(Cc2nccc3cc(OC)c(OC)cc23)c(NC(=O)C(c2ccccc2)c2ccccc2)cc1OC. The second-order valence-electron chi connectivity index (χ2n) is 9.47. The van der Waals surface area contributed by atoms with Gasteiger partial charge in [0.05, 0.1) is 40.1 Å². The van der Waals surface area contributed by atoms with Gasteiger partial charge in [0, 0.05) is 29.8 Å². The average Bonchev–Trinajstić information content (AvgIpc) is 3.02. The molecule has 0 bridgehead atoms. The number of aromatic nitrogens is 1. The van der Waals surface area contributed by atoms with Gasteiger partial charge in [-0.2, -0.15) is 0 Å². The highest BCUT2D eigenvalue weighted by Gasteiger charge is 2.24. The van der Waals surface area contributed by atoms with Crippen molar-refractivity contribution >= 4 is 22.4 Å². The molecule has 5 rings (SSSR count). The highest BCUT2D eigenvalue weighted by Crippen LogP contribution is 2.38. The molecule has 0 fully saturated rings. The minimum absolute atomic E-state index is 0.159. The van der Waals surface area contributed by atoms with Crippen LogP contribution in [-0.2, 0) is 11.2 Å². The minimum atomic E-state index is -0.509. The molecule has 0 saturated carbocycles. The highest BCUT2D eigenvalue weighted by molar-refractivity contribution is 5.99. The normalized spacial score (nSPS) is 10.9. The van der Waals surface area contributed by atoms with Crippen molar-refractivity contribution in [2.24, 2.45) is 0 Å². The summed E-state index contributed by atoms with van der Waals surface area (Å²) in [5, 5.41) is 5.08. The van der Waals surface area contributed by atoms with Crippen LogP contribution in [0.3, 0.4) is 0 Å². The zero-order valence-electron chi connectivity index (χ0n) is 23.5. The Morgan fingerprint density at radius 3 is 1.83 bits per heavy atom. The van der Waals surface area contributed by atoms with Crippen LogP contribution in [0.2, 0.25) is 0 Å². The Morgan fingerprint density at radius 1 is 0.707 bits per heavy atom. The van der Waals surface area contributed by atoms with Crippen molar-refractivity contribution in [2.75, 3.05) is 33.8 Å². The molecular formula is C34H32N2O5. The van der Waals surface area contributed by atoms with Crippen molar-refractivity contribution in [1.82, 2.24) is 4.98 Å². The lowest BCUT2D eigenvalue weighted by Crippen LogP contribution is -2.23. The van der Waals surface area contributed by atoms with Crippen LogP contribution in [0.15, 0.2) is 97.2 Å². The number of ether oxygens (including phenoxy) is 4. The predicted molar refractivity (Wildman–Crippen MR) is 161 cm³/mol. The van der Waals surface area contributed by atoms with Crippen molar-refractivity contribution in [1.29, 1.82) is 0 Å². The summed E-state index contributed by atoms with van der Waals surface area (Å²) >= 11 is 0. The van der Waals surface area contributed by atoms with E-state index >= 15 is 0 Å². The predicted octanol–water partition coefficient (Wildman–Crippen LogP) is 6.63. The van der Waals surface area contributed by atoms with Gasteiger partial charge in [0.2, 0.25) is 5.91 Å². The summed E-state index contributed by atoms with van der Waals surface area (Å²) in [6.07, 6.45) is 2.19. The number of carbonyl (C=O) groups is 1. The topological polar surface area (TPSA) is 78.9 Å². The van der Waals surface area contributed by atoms with Gasteiger partial charge in [-0.15, -0.1) is 0 Å². The lowest BCUT2D eigenvalue weighted by molar-refractivity contribution is -0.116. The number of nitrogens with one attached hydrogen (secondary N) is 1. The fourth-order valence-electron chi connectivity index (χ4n) is 5.06. The molecule has 0 aliphatic heterocycles. The van der Waals surface area contributed by atoms with E-state index in [4.69, 9.17) is 23.9 Å². The van der Waals surface area contributed by atoms with Crippen LogP contribution in [0, 0.1) is 0 Å². The number of benzene rings is 4. The summed E-state index contributed by atoms with van der Waals surface area (Å²) in [6, 6.07) is 29.0. The molecule has 1 amide bonds. The van der Waals surface area contributed by atoms with E-state index in [1.54, 1.807) is 40.7 Å². The Balaban J connectivity index is 1.58. The largest absolute Gasteiger partial charge is 0.493 e. The number of fused-ring (bicyclic) bond motifs is 1. The maximum atomic E-state index is 14.0. The first-order valence-corrected chi connectivity index (χ1v) is 13.2. The Kier molecular flexibility index (Phi) is 8.34. The van der Waals surface area contributed by atoms with Gasteiger partial charge in [0.1, 0.15) is 0 Å². The van der Waals surface area contributed by atoms with Crippen molar-refractivity contribution in [3.05, 3.63) is 120 Å². The number of hydrogen-bond donors (Lipinski definition) is 1. The van der Waals surface area contributed by atoms with Crippen LogP contribution in [0.1, 0.15) is 28.3 Å². The van der Waals surface area contributed by atoms with Crippen molar-refractivity contribution in [3.63, 3.8) is 0 Å². The van der Waals surface area contributed by atoms with E-state index in [2.05, 4.69) is 5.32 Å². The number of rotatable bonds is 10. The lowest BCUT2D eigenvalue weighted by Gasteiger charge is -2.21. The standard InChI is InChI=1S/C34H32N2O5/c1-38-29-18-24-15-16-35-28(26(24)20-31(29)40-3)17-25-19-30(39-2)32(41-4)21-27(25)36-34(37)33(22-11-7-5-8-12-22)23-13-9-6-10-14-23/h5-16,18-21,33H,17H2,1-4H3,(H,36,37). The molecule has 0 unspecified atom stereocenters. The van der Waals surface area contributed by atoms with Gasteiger partial charge >= 0.3 is 0 Å². The van der Waals surface area contributed by atoms with Crippen LogP contribution in [0.25, 0.3) is 10.8 Å². The number of pyridine rings is 1. The summed E-state index contributed by atoms with van der Waals surface area (Å²) in [4.78, 5) is 18.7. The first kappa shape index (κ1) is 27.5. The number of anilines is 1. The molecule has 1 heterocycles. The molecule has 7 nitrogen and oxygen atoms in total. The Hall–Kier alpha value is -5.04. The molecule has 0 atom stereocenters. The molecule has 7 heteroatoms. The van der Waals surface area contributed by atoms with Crippen molar-refractivity contribution in [2.45, 2.75) is 12.3 Å². The van der Waals surface area contributed by atoms with Crippen LogP contribution >= 0.6 is 0 Å². The van der Waals surface area contributed by atoms with Gasteiger partial charge in [0.15, 0.2) is 23.0 Å². The van der Waals surface area contributed by atoms with Gasteiger partial charge in [-0.25, -0.2) is 0 Å². The third-order valence-electron chi connectivity index (χ3n) is 7.10. The van der Waals surface area contributed by atoms with Gasteiger partial charge in [-0.3, -0.25) is 9.78 Å². The van der Waals surface area contributed by atoms with E-state index in [1.165, 1.54) is 0 Å². The summed E-state index contributed by atoms with van der Waals surface area (Å²) in [6.45, 7) is 0. The number of carbonyl (C=O) groups excluding carboxylic acids is 1. The van der Waals surface area contributed by atoms with Gasteiger partial charge in [-0.1, -0.05) is 60.7 Å². The third kappa shape index (κ3) is 5.79. The molecule has 41 heavy (non-hydrogen) atoms. The summed E-state index contributed by atoms with van der Waals surface area (Å²) in [5.41, 5.74) is 4.05. The summed E-state index contributed by atoms with van der Waals surface area (Å²) < 4.78 is 22.3. The summed E-state index contributed by atoms with van der Waals surface area (Å²) in [7, 11) is 6.39. The Labute approximate surface area is 239 Å². The quantitative estimate of drug-likeness (QED) is 0.211. The molecule has 1 aromatic heterocycles. The molecule has 0 saturated heterocycles. The van der Waals surface area contributed by atoms with Crippen LogP contribution in [0.4, 0.5) is 5.69 Å². The van der Waals surface area contributed by atoms with Gasteiger partial charge < -0.3 is 24.3 Å². The molecule has 0 spiro atoms. The average molecular weight is 549 g/mol. The Morgan fingerprint density at radius 2 is 1.24 bits per heavy atom. The fraction of sp³-hybridized carbons (Fsp3) is 0.176. The minimum Gasteiger partial charge on any atom is -0.493 e. The van der Waals surface area contributed by atoms with E-state index in [0.717, 1.165) is 33.2 Å². The molecule has 1 N–H and O–H groups in total. The number of amides is 1. The second-order valence-corrected chi connectivity index (χ2v) is 9.47. The van der Waals surface area contributed by atoms with Crippen LogP contribution < -0.4 is 24.3 Å². The van der Waals surface area contributed by atoms with Crippen LogP contribution in [-0.4, -0.2) is 39.3 Å². The van der Waals surface area contributed by atoms with E-state index in [1.807, 2.05) is 84.9 Å². The van der Waals surface area contributed by atoms with Crippen molar-refractivity contribution < 1.29 is 23.7 Å². The summed E-state index contributed by atoms with van der Waals surface area (Å²) in [5.74, 6) is 1.66. The lowest BCUT2D eigenvalue weighted by atomic mass is 9.90. The Bertz CT molecular complexity index is 1620. The molecule has 0 radical (unpaired) electrons. The maximum Gasteiger partial charge on any atom is 0.236 e. The molecule has 4 aromatic carbocycles. The highest BCUT2D eigenvalue weighted by atomic mass is 16.5. The molecule has 208 valence electrons. The monoisotopic (exact) mass is 548 g/mol. The smallest absolute Gasteiger partial charge is 0.236 e. The molecule has 0 aliphatic rings. The van der Waals surface area contributed by atoms with Crippen molar-refractivity contribution in [3.8, 4) is 23.0 Å². The third-order valence-corrected chi connectivity index (χ3v) is 7.10. The maximum absolute atomic E-state index is 14.0. The molecule has 5 aromatic rings. The molecule has 0 aliphatic carbocycles. The second kappa shape index (κ2) is 12.4. The van der Waals surface area contributed by atoms with Gasteiger partial charge in [-0.05, 0) is 46.3 Å². The first-order valence-electron chi connectivity index (χ1n) is 13.2.